The van der Waals surface area contributed by atoms with Crippen molar-refractivity contribution in [3.05, 3.63) is 62.1 Å². The molecular weight excluding hydrogens is 547 g/mol. The molecule has 0 aliphatic heterocycles. The van der Waals surface area contributed by atoms with Gasteiger partial charge in [0.05, 0.1) is 18.3 Å². The minimum absolute atomic E-state index is 0.00638. The zero-order chi connectivity index (χ0) is 27.9. The van der Waals surface area contributed by atoms with Crippen LogP contribution < -0.4 is 14.4 Å². The van der Waals surface area contributed by atoms with Crippen molar-refractivity contribution in [2.45, 2.75) is 32.9 Å². The molecule has 2 amide bonds. The Morgan fingerprint density at radius 3 is 2.35 bits per heavy atom. The van der Waals surface area contributed by atoms with E-state index in [1.54, 1.807) is 26.0 Å². The summed E-state index contributed by atoms with van der Waals surface area (Å²) in [5.74, 6) is -1.16. The molecule has 0 fully saturated rings. The quantitative estimate of drug-likeness (QED) is 0.301. The molecule has 14 heteroatoms. The molecule has 0 aliphatic rings. The molecule has 0 bridgehead atoms. The average Bonchev–Trinajstić information content (AvgIpc) is 2.82. The number of benzene rings is 2. The Kier molecular flexibility index (Phi) is 10.5. The molecule has 1 N–H and O–H groups in total. The summed E-state index contributed by atoms with van der Waals surface area (Å²) in [4.78, 5) is 38.4. The number of nitrogens with zero attached hydrogens (tertiary/aromatic N) is 3. The molecule has 2 rings (SSSR count). The van der Waals surface area contributed by atoms with Gasteiger partial charge < -0.3 is 15.0 Å². The lowest BCUT2D eigenvalue weighted by atomic mass is 10.1. The lowest BCUT2D eigenvalue weighted by Gasteiger charge is -2.33. The van der Waals surface area contributed by atoms with E-state index in [1.807, 2.05) is 0 Å². The fourth-order valence-electron chi connectivity index (χ4n) is 3.63. The van der Waals surface area contributed by atoms with Crippen molar-refractivity contribution in [2.24, 2.45) is 0 Å². The number of methoxy groups -OCH3 is 1. The zero-order valence-electron chi connectivity index (χ0n) is 20.7. The molecule has 0 aromatic heterocycles. The minimum Gasteiger partial charge on any atom is -0.495 e. The van der Waals surface area contributed by atoms with E-state index in [2.05, 4.69) is 5.32 Å². The second kappa shape index (κ2) is 12.9. The van der Waals surface area contributed by atoms with Gasteiger partial charge in [-0.1, -0.05) is 36.2 Å². The summed E-state index contributed by atoms with van der Waals surface area (Å²) in [5.41, 5.74) is -0.0976. The SMILES string of the molecule is CCNC(=O)[C@H](CC)N(Cc1ccc(Cl)cc1Cl)C(=O)CN(c1cc([N+](=O)[O-])ccc1OC)S(C)(=O)=O. The van der Waals surface area contributed by atoms with Gasteiger partial charge in [0.2, 0.25) is 21.8 Å². The maximum Gasteiger partial charge on any atom is 0.271 e. The van der Waals surface area contributed by atoms with Gasteiger partial charge in [-0.25, -0.2) is 8.42 Å². The highest BCUT2D eigenvalue weighted by atomic mass is 35.5. The number of nitrogens with one attached hydrogen (secondary N) is 1. The number of ether oxygens (including phenoxy) is 1. The van der Waals surface area contributed by atoms with Crippen LogP contribution in [0.25, 0.3) is 0 Å². The second-order valence-electron chi connectivity index (χ2n) is 7.96. The topological polar surface area (TPSA) is 139 Å². The molecule has 11 nitrogen and oxygen atoms in total. The third kappa shape index (κ3) is 7.70. The highest BCUT2D eigenvalue weighted by Gasteiger charge is 2.33. The van der Waals surface area contributed by atoms with Crippen LogP contribution in [0.4, 0.5) is 11.4 Å². The highest BCUT2D eigenvalue weighted by molar-refractivity contribution is 7.92. The molecule has 2 aromatic rings. The van der Waals surface area contributed by atoms with E-state index in [-0.39, 0.29) is 29.4 Å². The van der Waals surface area contributed by atoms with Gasteiger partial charge in [0.25, 0.3) is 5.69 Å². The lowest BCUT2D eigenvalue weighted by molar-refractivity contribution is -0.384. The molecule has 2 aromatic carbocycles. The summed E-state index contributed by atoms with van der Waals surface area (Å²) < 4.78 is 31.5. The van der Waals surface area contributed by atoms with Crippen molar-refractivity contribution in [2.75, 3.05) is 30.8 Å². The number of halogens is 2. The Labute approximate surface area is 225 Å². The number of anilines is 1. The summed E-state index contributed by atoms with van der Waals surface area (Å²) in [6.07, 6.45) is 1.09. The van der Waals surface area contributed by atoms with Gasteiger partial charge in [0, 0.05) is 35.3 Å². The molecule has 0 unspecified atom stereocenters. The number of nitro benzene ring substituents is 1. The number of rotatable bonds is 12. The fraction of sp³-hybridized carbons (Fsp3) is 0.391. The molecule has 1 atom stereocenters. The normalized spacial score (nSPS) is 11.9. The Morgan fingerprint density at radius 2 is 1.84 bits per heavy atom. The summed E-state index contributed by atoms with van der Waals surface area (Å²) in [6, 6.07) is 7.13. The van der Waals surface area contributed by atoms with E-state index >= 15 is 0 Å². The summed E-state index contributed by atoms with van der Waals surface area (Å²) in [6.45, 7) is 2.89. The Balaban J connectivity index is 2.59. The van der Waals surface area contributed by atoms with Crippen molar-refractivity contribution in [1.82, 2.24) is 10.2 Å². The van der Waals surface area contributed by atoms with Gasteiger partial charge in [0.15, 0.2) is 0 Å². The average molecular weight is 575 g/mol. The van der Waals surface area contributed by atoms with Crippen molar-refractivity contribution >= 4 is 56.4 Å². The van der Waals surface area contributed by atoms with Gasteiger partial charge in [-0.15, -0.1) is 0 Å². The molecule has 0 radical (unpaired) electrons. The van der Waals surface area contributed by atoms with Crippen LogP contribution in [0.15, 0.2) is 36.4 Å². The first-order valence-corrected chi connectivity index (χ1v) is 13.8. The smallest absolute Gasteiger partial charge is 0.271 e. The van der Waals surface area contributed by atoms with Crippen LogP contribution >= 0.6 is 23.2 Å². The highest BCUT2D eigenvalue weighted by Crippen LogP contribution is 2.34. The molecule has 0 aliphatic carbocycles. The first kappa shape index (κ1) is 30.1. The zero-order valence-corrected chi connectivity index (χ0v) is 23.1. The Morgan fingerprint density at radius 1 is 1.16 bits per heavy atom. The van der Waals surface area contributed by atoms with Gasteiger partial charge >= 0.3 is 0 Å². The Hall–Kier alpha value is -3.09. The van der Waals surface area contributed by atoms with Crippen molar-refractivity contribution in [1.29, 1.82) is 0 Å². The van der Waals surface area contributed by atoms with Crippen molar-refractivity contribution < 1.29 is 27.7 Å². The van der Waals surface area contributed by atoms with Crippen LogP contribution in [-0.2, 0) is 26.2 Å². The van der Waals surface area contributed by atoms with E-state index < -0.39 is 45.0 Å². The van der Waals surface area contributed by atoms with Crippen LogP contribution in [-0.4, -0.2) is 62.6 Å². The fourth-order valence-corrected chi connectivity index (χ4v) is 4.94. The summed E-state index contributed by atoms with van der Waals surface area (Å²) >= 11 is 12.3. The monoisotopic (exact) mass is 574 g/mol. The predicted octanol–water partition coefficient (Wildman–Crippen LogP) is 3.62. The standard InChI is InChI=1S/C23H28Cl2N4O7S/c1-5-19(23(31)26-6-2)27(13-15-7-8-16(24)11-18(15)25)22(30)14-28(37(4,34)35)20-12-17(29(32)33)9-10-21(20)36-3/h7-12,19H,5-6,13-14H2,1-4H3,(H,26,31)/t19-/m0/s1. The van der Waals surface area contributed by atoms with Crippen molar-refractivity contribution in [3.63, 3.8) is 0 Å². The maximum atomic E-state index is 13.7. The van der Waals surface area contributed by atoms with Gasteiger partial charge in [-0.3, -0.25) is 24.0 Å². The predicted molar refractivity (Wildman–Crippen MR) is 142 cm³/mol. The number of carbonyl (C=O) groups is 2. The summed E-state index contributed by atoms with van der Waals surface area (Å²) in [7, 11) is -2.86. The second-order valence-corrected chi connectivity index (χ2v) is 10.7. The molecule has 0 saturated carbocycles. The number of amides is 2. The van der Waals surface area contributed by atoms with E-state index in [0.29, 0.717) is 21.4 Å². The number of likely N-dealkylation sites (N-methyl/N-ethyl adjacent to an activating group) is 1. The first-order chi connectivity index (χ1) is 17.3. The molecule has 202 valence electrons. The third-order valence-corrected chi connectivity index (χ3v) is 7.13. The number of carbonyl (C=O) groups excluding carboxylic acids is 2. The minimum atomic E-state index is -4.13. The van der Waals surface area contributed by atoms with Gasteiger partial charge in [-0.05, 0) is 37.1 Å². The van der Waals surface area contributed by atoms with Crippen molar-refractivity contribution in [3.8, 4) is 5.75 Å². The van der Waals surface area contributed by atoms with E-state index in [1.165, 1.54) is 24.1 Å². The molecular formula is C23H28Cl2N4O7S. The summed E-state index contributed by atoms with van der Waals surface area (Å²) in [5, 5.41) is 14.7. The Bertz CT molecular complexity index is 1270. The molecule has 37 heavy (non-hydrogen) atoms. The lowest BCUT2D eigenvalue weighted by Crippen LogP contribution is -2.52. The maximum absolute atomic E-state index is 13.7. The van der Waals surface area contributed by atoms with Crippen LogP contribution in [0.5, 0.6) is 5.75 Å². The third-order valence-electron chi connectivity index (χ3n) is 5.41. The number of non-ortho nitro benzene ring substituents is 1. The molecule has 0 heterocycles. The van der Waals surface area contributed by atoms with E-state index in [4.69, 9.17) is 27.9 Å². The molecule has 0 spiro atoms. The van der Waals surface area contributed by atoms with Crippen LogP contribution in [0, 0.1) is 10.1 Å². The van der Waals surface area contributed by atoms with Gasteiger partial charge in [-0.2, -0.15) is 0 Å². The number of hydrogen-bond donors (Lipinski definition) is 1. The van der Waals surface area contributed by atoms with Gasteiger partial charge in [0.1, 0.15) is 24.0 Å². The number of sulfonamides is 1. The molecule has 0 saturated heterocycles. The van der Waals surface area contributed by atoms with E-state index in [9.17, 15) is 28.1 Å². The number of hydrogen-bond acceptors (Lipinski definition) is 7. The first-order valence-electron chi connectivity index (χ1n) is 11.1. The van der Waals surface area contributed by atoms with E-state index in [0.717, 1.165) is 18.4 Å². The largest absolute Gasteiger partial charge is 0.495 e. The van der Waals surface area contributed by atoms with Crippen LogP contribution in [0.3, 0.4) is 0 Å². The van der Waals surface area contributed by atoms with Crippen LogP contribution in [0.2, 0.25) is 10.0 Å². The van der Waals surface area contributed by atoms with Crippen LogP contribution in [0.1, 0.15) is 25.8 Å². The number of nitro groups is 1.